The lowest BCUT2D eigenvalue weighted by Crippen LogP contribution is -2.51. The zero-order valence-corrected chi connectivity index (χ0v) is 18.3. The van der Waals surface area contributed by atoms with E-state index < -0.39 is 35.0 Å². The van der Waals surface area contributed by atoms with Gasteiger partial charge in [0.25, 0.3) is 0 Å². The van der Waals surface area contributed by atoms with E-state index in [-0.39, 0.29) is 25.4 Å². The van der Waals surface area contributed by atoms with Crippen LogP contribution in [0.5, 0.6) is 0 Å². The second-order valence-electron chi connectivity index (χ2n) is 8.62. The second kappa shape index (κ2) is 7.60. The van der Waals surface area contributed by atoms with Gasteiger partial charge in [0.1, 0.15) is 5.60 Å². The molecule has 3 saturated heterocycles. The van der Waals surface area contributed by atoms with E-state index in [1.807, 2.05) is 19.1 Å². The fourth-order valence-corrected chi connectivity index (χ4v) is 6.19. The molecule has 5 atom stereocenters. The number of anilines is 1. The lowest BCUT2D eigenvalue weighted by Gasteiger charge is -2.35. The summed E-state index contributed by atoms with van der Waals surface area (Å²) in [6.45, 7) is 2.07. The maximum Gasteiger partial charge on any atom is 0.240 e. The fourth-order valence-electron chi connectivity index (χ4n) is 6.01. The van der Waals surface area contributed by atoms with Crippen LogP contribution in [0.3, 0.4) is 0 Å². The predicted octanol–water partition coefficient (Wildman–Crippen LogP) is 2.37. The molecule has 2 aromatic rings. The summed E-state index contributed by atoms with van der Waals surface area (Å²) in [6.07, 6.45) is 0.105. The molecule has 2 amide bonds. The Balaban J connectivity index is 1.59. The van der Waals surface area contributed by atoms with Gasteiger partial charge < -0.3 is 14.0 Å². The van der Waals surface area contributed by atoms with Gasteiger partial charge in [-0.15, -0.1) is 0 Å². The van der Waals surface area contributed by atoms with Crippen LogP contribution in [-0.4, -0.2) is 49.3 Å². The number of nitriles is 1. The molecule has 3 aliphatic rings. The van der Waals surface area contributed by atoms with Gasteiger partial charge in [0, 0.05) is 23.6 Å². The van der Waals surface area contributed by atoms with Crippen molar-refractivity contribution < 1.29 is 23.6 Å². The third-order valence-electron chi connectivity index (χ3n) is 7.40. The summed E-state index contributed by atoms with van der Waals surface area (Å²) in [5.74, 6) is -2.24. The number of aliphatic hydroxyl groups excluding tert-OH is 1. The zero-order valence-electron chi connectivity index (χ0n) is 18.5. The number of nitrogens with zero attached hydrogens (tertiary/aromatic N) is 2. The number of ether oxygens (including phenoxy) is 1. The van der Waals surface area contributed by atoms with Crippen LogP contribution in [0.15, 0.2) is 36.4 Å². The summed E-state index contributed by atoms with van der Waals surface area (Å²) in [5, 5.41) is 21.8. The molecule has 0 aliphatic carbocycles. The Labute approximate surface area is 192 Å². The molecule has 2 unspecified atom stereocenters. The molecule has 5 rings (SSSR count). The number of fused-ring (bicyclic) bond motifs is 6. The lowest BCUT2D eigenvalue weighted by atomic mass is 9.64. The topological polar surface area (TPSA) is 99.9 Å². The molecule has 1 radical (unpaired) electrons. The molecule has 1 N–H and O–H groups in total. The Morgan fingerprint density at radius 3 is 2.78 bits per heavy atom. The number of hydrogen-bond donors (Lipinski definition) is 1. The van der Waals surface area contributed by atoms with Gasteiger partial charge in [-0.25, -0.2) is 4.90 Å². The molecule has 0 saturated carbocycles. The van der Waals surface area contributed by atoms with Gasteiger partial charge in [0.2, 0.25) is 18.9 Å². The number of rotatable bonds is 7. The van der Waals surface area contributed by atoms with E-state index in [1.54, 1.807) is 24.3 Å². The van der Waals surface area contributed by atoms with Crippen molar-refractivity contribution in [2.24, 2.45) is 11.8 Å². The summed E-state index contributed by atoms with van der Waals surface area (Å²) in [4.78, 5) is 28.9. The fraction of sp³-hybridized carbons (Fsp3) is 0.435. The minimum absolute atomic E-state index is 0.168. The van der Waals surface area contributed by atoms with Gasteiger partial charge in [0.05, 0.1) is 47.5 Å². The van der Waals surface area contributed by atoms with Crippen LogP contribution < -0.4 is 4.90 Å². The van der Waals surface area contributed by atoms with E-state index in [0.717, 1.165) is 19.0 Å². The molecule has 2 aromatic carbocycles. The smallest absolute Gasteiger partial charge is 0.240 e. The van der Waals surface area contributed by atoms with Gasteiger partial charge >= 0.3 is 0 Å². The van der Waals surface area contributed by atoms with Crippen molar-refractivity contribution in [2.45, 2.75) is 43.5 Å². The molecule has 7 nitrogen and oxygen atoms in total. The van der Waals surface area contributed by atoms with Crippen molar-refractivity contribution in [1.29, 1.82) is 6.60 Å². The van der Waals surface area contributed by atoms with Gasteiger partial charge in [-0.1, -0.05) is 43.1 Å². The van der Waals surface area contributed by atoms with Gasteiger partial charge in [-0.2, -0.15) is 5.26 Å². The standard InChI is InChI=1S/C23H22BN2O5S/c1-2-22-11-17(27)23(31-22,9-10-30-32-24)19-18(22)20(28)26(21(19)29)16-8-7-13(12-25)14-5-3-4-6-15(14)16/h3-8,17-19,24,27H,2,9-11H2,1H3/t17-,18+,19-,22?,23?/m1/s1/i24T. The van der Waals surface area contributed by atoms with Crippen LogP contribution >= 0.6 is 11.9 Å². The first-order valence-corrected chi connectivity index (χ1v) is 11.4. The van der Waals surface area contributed by atoms with Crippen molar-refractivity contribution in [3.8, 4) is 6.07 Å². The number of carbonyl (C=O) groups excluding carboxylic acids is 2. The molecule has 0 spiro atoms. The number of aliphatic hydroxyl groups is 1. The maximum absolute atomic E-state index is 13.9. The maximum atomic E-state index is 13.9. The van der Waals surface area contributed by atoms with Crippen LogP contribution in [0.1, 0.15) is 31.7 Å². The Morgan fingerprint density at radius 1 is 1.31 bits per heavy atom. The third kappa shape index (κ3) is 2.67. The van der Waals surface area contributed by atoms with Crippen molar-refractivity contribution in [1.82, 2.24) is 0 Å². The first-order chi connectivity index (χ1) is 15.9. The van der Waals surface area contributed by atoms with Gasteiger partial charge in [-0.3, -0.25) is 9.59 Å². The highest BCUT2D eigenvalue weighted by molar-refractivity contribution is 8.15. The highest BCUT2D eigenvalue weighted by atomic mass is 32.2. The van der Waals surface area contributed by atoms with Crippen LogP contribution in [0.25, 0.3) is 10.8 Å². The molecule has 3 aliphatic heterocycles. The van der Waals surface area contributed by atoms with Crippen LogP contribution in [-0.2, 0) is 18.5 Å². The van der Waals surface area contributed by atoms with E-state index in [9.17, 15) is 20.0 Å². The van der Waals surface area contributed by atoms with Crippen molar-refractivity contribution in [3.05, 3.63) is 42.0 Å². The lowest BCUT2D eigenvalue weighted by molar-refractivity contribution is -0.138. The van der Waals surface area contributed by atoms with Crippen molar-refractivity contribution >= 4 is 47.3 Å². The minimum Gasteiger partial charge on any atom is -0.390 e. The molecule has 163 valence electrons. The van der Waals surface area contributed by atoms with Crippen LogP contribution in [0.2, 0.25) is 0 Å². The van der Waals surface area contributed by atoms with Gasteiger partial charge in [-0.05, 0) is 19.9 Å². The summed E-state index contributed by atoms with van der Waals surface area (Å²) >= 11 is 0.865. The average molecular weight is 451 g/mol. The highest BCUT2D eigenvalue weighted by Crippen LogP contribution is 2.63. The van der Waals surface area contributed by atoms with Crippen molar-refractivity contribution in [2.75, 3.05) is 11.5 Å². The highest BCUT2D eigenvalue weighted by Gasteiger charge is 2.77. The first-order valence-electron chi connectivity index (χ1n) is 11.2. The first kappa shape index (κ1) is 20.2. The molecule has 9 heteroatoms. The van der Waals surface area contributed by atoms with Crippen molar-refractivity contribution in [3.63, 3.8) is 0 Å². The molecule has 0 aromatic heterocycles. The number of carbonyl (C=O) groups is 2. The molecule has 3 fully saturated rings. The number of benzene rings is 2. The quantitative estimate of drug-likeness (QED) is 0.299. The van der Waals surface area contributed by atoms with E-state index in [4.69, 9.17) is 10.3 Å². The Kier molecular flexibility index (Phi) is 4.81. The molecule has 3 heterocycles. The molecular weight excluding hydrogens is 427 g/mol. The van der Waals surface area contributed by atoms with E-state index in [2.05, 4.69) is 6.07 Å². The monoisotopic (exact) mass is 451 g/mol. The largest absolute Gasteiger partial charge is 0.390 e. The average Bonchev–Trinajstić information content (AvgIpc) is 3.39. The SMILES string of the molecule is [3H][B]SOCCC12OC(CC)(C[C@H]1O)[C@@H]1C(=O)N(c3ccc(C#N)c4ccccc34)C(=O)[C@@H]12. The molecular formula is C23H22BN2O5S. The number of amides is 2. The molecule has 2 bridgehead atoms. The summed E-state index contributed by atoms with van der Waals surface area (Å²) in [5.41, 5.74) is -1.22. The Morgan fingerprint density at radius 2 is 2.06 bits per heavy atom. The van der Waals surface area contributed by atoms with Crippen LogP contribution in [0, 0.1) is 23.2 Å². The minimum atomic E-state index is -1.22. The van der Waals surface area contributed by atoms with E-state index >= 15 is 0 Å². The summed E-state index contributed by atoms with van der Waals surface area (Å²) < 4.78 is 18.8. The Hall–Kier alpha value is -2.38. The van der Waals surface area contributed by atoms with E-state index in [1.165, 1.54) is 4.90 Å². The number of hydrogen-bond acceptors (Lipinski definition) is 7. The normalized spacial score (nSPS) is 33.5. The number of imide groups is 1. The Bertz CT molecular complexity index is 1190. The van der Waals surface area contributed by atoms with Gasteiger partial charge in [0.15, 0.2) is 0 Å². The molecule has 32 heavy (non-hydrogen) atoms. The van der Waals surface area contributed by atoms with Crippen LogP contribution in [0.4, 0.5) is 5.69 Å². The second-order valence-corrected chi connectivity index (χ2v) is 9.05. The third-order valence-corrected chi connectivity index (χ3v) is 7.70. The summed E-state index contributed by atoms with van der Waals surface area (Å²) in [7, 11) is 1.05. The summed E-state index contributed by atoms with van der Waals surface area (Å²) in [6, 6.07) is 12.7. The zero-order chi connectivity index (χ0) is 23.4. The van der Waals surface area contributed by atoms with E-state index in [0.29, 0.717) is 28.4 Å². The predicted molar refractivity (Wildman–Crippen MR) is 121 cm³/mol.